The predicted octanol–water partition coefficient (Wildman–Crippen LogP) is 13.9. The molecule has 0 N–H and O–H groups in total. The number of fused-ring (bicyclic) bond motifs is 2. The second kappa shape index (κ2) is 16.2. The molecule has 0 nitrogen and oxygen atoms in total. The summed E-state index contributed by atoms with van der Waals surface area (Å²) in [6, 6.07) is 20.3. The molecule has 0 bridgehead atoms. The molecule has 0 unspecified atom stereocenters. The molecular formula is C38H28F12HfSi-2. The molecule has 0 aliphatic rings. The Labute approximate surface area is 312 Å². The van der Waals surface area contributed by atoms with Crippen LogP contribution in [0, 0.1) is 13.8 Å². The number of halogens is 12. The number of benzene rings is 4. The molecule has 6 rings (SSSR count). The fraction of sp³-hybridized carbons (Fsp3) is 0.211. The van der Waals surface area contributed by atoms with Crippen LogP contribution >= 0.6 is 0 Å². The van der Waals surface area contributed by atoms with Gasteiger partial charge in [0.2, 0.25) is 0 Å². The number of aryl methyl sites for hydroxylation is 2. The van der Waals surface area contributed by atoms with Crippen molar-refractivity contribution in [2.45, 2.75) is 51.6 Å². The van der Waals surface area contributed by atoms with Gasteiger partial charge in [0.05, 0.1) is 22.3 Å². The number of hydrogen-bond donors (Lipinski definition) is 0. The van der Waals surface area contributed by atoms with Crippen molar-refractivity contribution in [2.24, 2.45) is 0 Å². The Hall–Kier alpha value is -3.65. The van der Waals surface area contributed by atoms with Gasteiger partial charge >= 0.3 is 24.7 Å². The van der Waals surface area contributed by atoms with Gasteiger partial charge in [-0.3, -0.25) is 0 Å². The van der Waals surface area contributed by atoms with E-state index < -0.39 is 47.0 Å². The molecule has 0 aliphatic carbocycles. The molecule has 0 atom stereocenters. The Morgan fingerprint density at radius 2 is 0.712 bits per heavy atom. The van der Waals surface area contributed by atoms with E-state index in [9.17, 15) is 52.7 Å². The Balaban J connectivity index is 0.000000256. The molecule has 0 aromatic heterocycles. The van der Waals surface area contributed by atoms with Gasteiger partial charge in [-0.05, 0) is 47.5 Å². The van der Waals surface area contributed by atoms with Crippen molar-refractivity contribution < 1.29 is 78.5 Å². The Morgan fingerprint density at radius 3 is 0.962 bits per heavy atom. The van der Waals surface area contributed by atoms with Crippen molar-refractivity contribution in [1.82, 2.24) is 0 Å². The minimum absolute atomic E-state index is 0. The van der Waals surface area contributed by atoms with Crippen molar-refractivity contribution in [3.63, 3.8) is 0 Å². The van der Waals surface area contributed by atoms with E-state index in [0.29, 0.717) is 21.9 Å². The molecule has 274 valence electrons. The zero-order chi connectivity index (χ0) is 38.1. The molecule has 0 heterocycles. The van der Waals surface area contributed by atoms with E-state index in [4.69, 9.17) is 0 Å². The quantitative estimate of drug-likeness (QED) is 0.0922. The second-order valence-corrected chi connectivity index (χ2v) is 12.8. The Morgan fingerprint density at radius 1 is 0.442 bits per heavy atom. The van der Waals surface area contributed by atoms with Crippen LogP contribution in [-0.2, 0) is 50.5 Å². The standard InChI is InChI=1S/2C18H11F6.C2H6Si.Hf/c2*1-10-5-11-3-2-4-15(16(11)6-10)12-7-13(17(19,20)21)9-14(8-12)18(22,23)24;1-3-2;/h2*2-9H,1H3;1-2H3;/q2*-1;;. The first-order chi connectivity index (χ1) is 23.5. The molecule has 2 radical (unpaired) electrons. The van der Waals surface area contributed by atoms with Gasteiger partial charge in [-0.25, -0.2) is 0 Å². The molecule has 0 aliphatic heterocycles. The molecule has 52 heavy (non-hydrogen) atoms. The molecule has 14 heteroatoms. The van der Waals surface area contributed by atoms with E-state index in [-0.39, 0.29) is 49.1 Å². The summed E-state index contributed by atoms with van der Waals surface area (Å²) >= 11 is 0. The van der Waals surface area contributed by atoms with Crippen molar-refractivity contribution >= 4 is 31.1 Å². The number of hydrogen-bond acceptors (Lipinski definition) is 0. The van der Waals surface area contributed by atoms with Gasteiger partial charge in [0.25, 0.3) is 0 Å². The van der Waals surface area contributed by atoms with Crippen LogP contribution in [0.15, 0.2) is 97.1 Å². The summed E-state index contributed by atoms with van der Waals surface area (Å²) in [5, 5.41) is 2.80. The minimum Gasteiger partial charge on any atom is -0.166 e. The second-order valence-electron chi connectivity index (χ2n) is 11.8. The zero-order valence-electron chi connectivity index (χ0n) is 27.8. The minimum atomic E-state index is -4.86. The summed E-state index contributed by atoms with van der Waals surface area (Å²) in [4.78, 5) is 0. The van der Waals surface area contributed by atoms with Crippen LogP contribution in [0.4, 0.5) is 52.7 Å². The molecule has 0 fully saturated rings. The summed E-state index contributed by atoms with van der Waals surface area (Å²) in [5.41, 5.74) is -2.99. The zero-order valence-corrected chi connectivity index (χ0v) is 32.4. The molecule has 0 saturated heterocycles. The summed E-state index contributed by atoms with van der Waals surface area (Å²) < 4.78 is 156. The first-order valence-electron chi connectivity index (χ1n) is 15.0. The fourth-order valence-electron chi connectivity index (χ4n) is 5.49. The SMILES string of the molecule is C[Si]C.Cc1cc2c(-c3cc(C(F)(F)F)cc(C(F)(F)F)c3)cccc2[cH-]1.Cc1cc2c(-c3cc(C(F)(F)F)cc(C(F)(F)F)c3)cccc2[cH-]1.[Hf]. The molecule has 0 amide bonds. The number of rotatable bonds is 2. The average Bonchev–Trinajstić information content (AvgIpc) is 3.60. The van der Waals surface area contributed by atoms with Crippen LogP contribution in [0.25, 0.3) is 43.8 Å². The van der Waals surface area contributed by atoms with E-state index in [0.717, 1.165) is 55.7 Å². The maximum atomic E-state index is 13.0. The molecule has 6 aromatic rings. The van der Waals surface area contributed by atoms with E-state index in [1.165, 1.54) is 12.1 Å². The van der Waals surface area contributed by atoms with Gasteiger partial charge in [0.1, 0.15) is 0 Å². The largest absolute Gasteiger partial charge is 0.416 e. The van der Waals surface area contributed by atoms with Gasteiger partial charge < -0.3 is 0 Å². The van der Waals surface area contributed by atoms with Crippen molar-refractivity contribution in [1.29, 1.82) is 0 Å². The van der Waals surface area contributed by atoms with E-state index >= 15 is 0 Å². The summed E-state index contributed by atoms with van der Waals surface area (Å²) in [6.45, 7) is 7.94. The van der Waals surface area contributed by atoms with Crippen molar-refractivity contribution in [3.8, 4) is 22.3 Å². The van der Waals surface area contributed by atoms with E-state index in [2.05, 4.69) is 13.1 Å². The van der Waals surface area contributed by atoms with Crippen LogP contribution in [0.3, 0.4) is 0 Å². The third-order valence-electron chi connectivity index (χ3n) is 7.59. The topological polar surface area (TPSA) is 0 Å². The van der Waals surface area contributed by atoms with Crippen LogP contribution in [0.2, 0.25) is 13.1 Å². The normalized spacial score (nSPS) is 12.2. The van der Waals surface area contributed by atoms with Crippen LogP contribution in [0.5, 0.6) is 0 Å². The van der Waals surface area contributed by atoms with Gasteiger partial charge in [-0.15, -0.1) is 69.1 Å². The average molecular weight is 919 g/mol. The molecule has 0 saturated carbocycles. The van der Waals surface area contributed by atoms with E-state index in [1.807, 2.05) is 26.0 Å². The first-order valence-corrected chi connectivity index (χ1v) is 17.0. The number of alkyl halides is 12. The summed E-state index contributed by atoms with van der Waals surface area (Å²) in [6.07, 6.45) is -19.4. The van der Waals surface area contributed by atoms with Crippen LogP contribution in [-0.4, -0.2) is 9.52 Å². The van der Waals surface area contributed by atoms with Crippen molar-refractivity contribution in [2.75, 3.05) is 0 Å². The third kappa shape index (κ3) is 10.3. The van der Waals surface area contributed by atoms with Crippen molar-refractivity contribution in [3.05, 3.63) is 130 Å². The first kappa shape index (κ1) is 42.8. The van der Waals surface area contributed by atoms with Crippen LogP contribution < -0.4 is 0 Å². The Bertz CT molecular complexity index is 1910. The maximum Gasteiger partial charge on any atom is 0.416 e. The monoisotopic (exact) mass is 920 g/mol. The van der Waals surface area contributed by atoms with E-state index in [1.54, 1.807) is 36.4 Å². The van der Waals surface area contributed by atoms with Gasteiger partial charge in [0, 0.05) is 35.4 Å². The summed E-state index contributed by atoms with van der Waals surface area (Å²) in [7, 11) is 1.08. The van der Waals surface area contributed by atoms with Gasteiger partial charge in [-0.2, -0.15) is 64.8 Å². The van der Waals surface area contributed by atoms with Gasteiger partial charge in [-0.1, -0.05) is 50.2 Å². The maximum absolute atomic E-state index is 13.0. The third-order valence-corrected chi connectivity index (χ3v) is 7.59. The molecular weight excluding hydrogens is 891 g/mol. The van der Waals surface area contributed by atoms with Crippen LogP contribution in [0.1, 0.15) is 33.4 Å². The molecule has 6 aromatic carbocycles. The smallest absolute Gasteiger partial charge is 0.166 e. The summed E-state index contributed by atoms with van der Waals surface area (Å²) in [5.74, 6) is 0. The Kier molecular flexibility index (Phi) is 13.3. The predicted molar refractivity (Wildman–Crippen MR) is 177 cm³/mol. The molecule has 0 spiro atoms. The van der Waals surface area contributed by atoms with Gasteiger partial charge in [0.15, 0.2) is 0 Å². The fourth-order valence-corrected chi connectivity index (χ4v) is 5.49.